The van der Waals surface area contributed by atoms with E-state index in [0.29, 0.717) is 0 Å². The van der Waals surface area contributed by atoms with Crippen molar-refractivity contribution in [3.63, 3.8) is 0 Å². The maximum Gasteiger partial charge on any atom is 0.234 e. The number of fused-ring (bicyclic) bond motifs is 1. The fourth-order valence-corrected chi connectivity index (χ4v) is 4.67. The van der Waals surface area contributed by atoms with Crippen molar-refractivity contribution in [1.29, 1.82) is 5.26 Å². The van der Waals surface area contributed by atoms with Crippen LogP contribution in [0.5, 0.6) is 0 Å². The molecule has 2 aromatic heterocycles. The van der Waals surface area contributed by atoms with E-state index in [1.807, 2.05) is 18.4 Å². The van der Waals surface area contributed by atoms with Crippen molar-refractivity contribution in [3.8, 4) is 6.07 Å². The molecule has 1 aliphatic carbocycles. The summed E-state index contributed by atoms with van der Waals surface area (Å²) >= 11 is 3.00. The van der Waals surface area contributed by atoms with Gasteiger partial charge in [0.25, 0.3) is 0 Å². The molecule has 0 aliphatic heterocycles. The van der Waals surface area contributed by atoms with Gasteiger partial charge >= 0.3 is 0 Å². The second-order valence-corrected chi connectivity index (χ2v) is 8.06. The summed E-state index contributed by atoms with van der Waals surface area (Å²) in [6.45, 7) is 1.86. The number of nitrogens with zero attached hydrogens (tertiary/aromatic N) is 3. The third-order valence-electron chi connectivity index (χ3n) is 4.15. The maximum atomic E-state index is 12.5. The van der Waals surface area contributed by atoms with Gasteiger partial charge in [-0.05, 0) is 31.2 Å². The van der Waals surface area contributed by atoms with Crippen LogP contribution in [0.15, 0.2) is 22.8 Å². The fourth-order valence-electron chi connectivity index (χ4n) is 2.83. The van der Waals surface area contributed by atoms with Gasteiger partial charge in [0.1, 0.15) is 16.9 Å². The molecule has 3 rings (SSSR count). The van der Waals surface area contributed by atoms with Crippen LogP contribution in [0.4, 0.5) is 0 Å². The Kier molecular flexibility index (Phi) is 4.83. The van der Waals surface area contributed by atoms with Gasteiger partial charge in [-0.1, -0.05) is 31.0 Å². The van der Waals surface area contributed by atoms with Crippen LogP contribution in [-0.2, 0) is 4.79 Å². The zero-order valence-corrected chi connectivity index (χ0v) is 14.5. The van der Waals surface area contributed by atoms with Gasteiger partial charge in [-0.3, -0.25) is 4.79 Å². The Labute approximate surface area is 143 Å². The summed E-state index contributed by atoms with van der Waals surface area (Å²) < 4.78 is 1.00. The highest BCUT2D eigenvalue weighted by Gasteiger charge is 2.35. The second-order valence-electron chi connectivity index (χ2n) is 5.82. The molecule has 1 aliphatic rings. The Morgan fingerprint density at radius 2 is 2.22 bits per heavy atom. The number of aromatic nitrogens is 2. The standard InChI is InChI=1S/C16H18N4OS2/c1-11(14(21)20-16(9-17)6-3-2-4-7-16)23-15-13-12(5-8-22-13)18-10-19-15/h5,8,10-11H,2-4,6-7H2,1H3,(H,20,21)/t11-/m0/s1. The Balaban J connectivity index is 1.70. The molecule has 1 fully saturated rings. The second kappa shape index (κ2) is 6.85. The molecule has 0 spiro atoms. The summed E-state index contributed by atoms with van der Waals surface area (Å²) in [5.41, 5.74) is 0.217. The first-order chi connectivity index (χ1) is 11.1. The number of rotatable bonds is 4. The van der Waals surface area contributed by atoms with Crippen molar-refractivity contribution in [2.45, 2.75) is 54.8 Å². The SMILES string of the molecule is C[C@H](Sc1ncnc2ccsc12)C(=O)NC1(C#N)CCCCC1. The van der Waals surface area contributed by atoms with Crippen LogP contribution < -0.4 is 5.32 Å². The molecule has 23 heavy (non-hydrogen) atoms. The van der Waals surface area contributed by atoms with E-state index < -0.39 is 5.54 Å². The monoisotopic (exact) mass is 346 g/mol. The molecule has 0 saturated heterocycles. The summed E-state index contributed by atoms with van der Waals surface area (Å²) in [5, 5.41) is 15.0. The molecule has 5 nitrogen and oxygen atoms in total. The Hall–Kier alpha value is -1.65. The van der Waals surface area contributed by atoms with Gasteiger partial charge in [-0.25, -0.2) is 9.97 Å². The van der Waals surface area contributed by atoms with Crippen LogP contribution in [0.3, 0.4) is 0 Å². The largest absolute Gasteiger partial charge is 0.337 e. The lowest BCUT2D eigenvalue weighted by Crippen LogP contribution is -2.50. The summed E-state index contributed by atoms with van der Waals surface area (Å²) in [5.74, 6) is -0.0956. The molecule has 2 heterocycles. The van der Waals surface area contributed by atoms with Crippen molar-refractivity contribution >= 4 is 39.2 Å². The van der Waals surface area contributed by atoms with E-state index in [-0.39, 0.29) is 11.2 Å². The first kappa shape index (κ1) is 16.2. The molecule has 2 aromatic rings. The topological polar surface area (TPSA) is 78.7 Å². The summed E-state index contributed by atoms with van der Waals surface area (Å²) in [7, 11) is 0. The average Bonchev–Trinajstić information content (AvgIpc) is 3.05. The molecule has 1 atom stereocenters. The van der Waals surface area contributed by atoms with Gasteiger partial charge in [-0.15, -0.1) is 11.3 Å². The van der Waals surface area contributed by atoms with Crippen LogP contribution in [0.1, 0.15) is 39.0 Å². The smallest absolute Gasteiger partial charge is 0.234 e. The Morgan fingerprint density at radius 3 is 2.96 bits per heavy atom. The number of thiophene rings is 1. The van der Waals surface area contributed by atoms with E-state index in [1.165, 1.54) is 18.1 Å². The van der Waals surface area contributed by atoms with Gasteiger partial charge in [-0.2, -0.15) is 5.26 Å². The lowest BCUT2D eigenvalue weighted by molar-refractivity contribution is -0.121. The highest BCUT2D eigenvalue weighted by atomic mass is 32.2. The number of hydrogen-bond donors (Lipinski definition) is 1. The molecule has 0 unspecified atom stereocenters. The molecule has 0 bridgehead atoms. The van der Waals surface area contributed by atoms with E-state index in [0.717, 1.165) is 47.3 Å². The predicted molar refractivity (Wildman–Crippen MR) is 92.3 cm³/mol. The maximum absolute atomic E-state index is 12.5. The normalized spacial score (nSPS) is 18.3. The zero-order chi connectivity index (χ0) is 16.3. The highest BCUT2D eigenvalue weighted by Crippen LogP contribution is 2.32. The van der Waals surface area contributed by atoms with Crippen LogP contribution in [0.2, 0.25) is 0 Å². The molecular formula is C16H18N4OS2. The molecule has 1 N–H and O–H groups in total. The predicted octanol–water partition coefficient (Wildman–Crippen LogP) is 3.51. The fraction of sp³-hybridized carbons (Fsp3) is 0.500. The van der Waals surface area contributed by atoms with Gasteiger partial charge in [0.15, 0.2) is 0 Å². The molecule has 1 saturated carbocycles. The zero-order valence-electron chi connectivity index (χ0n) is 12.9. The van der Waals surface area contributed by atoms with Gasteiger partial charge in [0, 0.05) is 0 Å². The first-order valence-corrected chi connectivity index (χ1v) is 9.48. The third-order valence-corrected chi connectivity index (χ3v) is 6.29. The van der Waals surface area contributed by atoms with E-state index in [1.54, 1.807) is 11.3 Å². The van der Waals surface area contributed by atoms with Crippen molar-refractivity contribution in [2.24, 2.45) is 0 Å². The van der Waals surface area contributed by atoms with E-state index in [9.17, 15) is 10.1 Å². The average molecular weight is 346 g/mol. The Bertz CT molecular complexity index is 746. The lowest BCUT2D eigenvalue weighted by atomic mass is 9.83. The molecule has 7 heteroatoms. The summed E-state index contributed by atoms with van der Waals surface area (Å²) in [6, 6.07) is 4.28. The summed E-state index contributed by atoms with van der Waals surface area (Å²) in [4.78, 5) is 21.0. The lowest BCUT2D eigenvalue weighted by Gasteiger charge is -2.32. The third kappa shape index (κ3) is 3.48. The van der Waals surface area contributed by atoms with Crippen LogP contribution in [-0.4, -0.2) is 26.7 Å². The van der Waals surface area contributed by atoms with Gasteiger partial charge in [0.2, 0.25) is 5.91 Å². The van der Waals surface area contributed by atoms with Crippen molar-refractivity contribution in [3.05, 3.63) is 17.8 Å². The number of carbonyl (C=O) groups excluding carboxylic acids is 1. The van der Waals surface area contributed by atoms with Crippen molar-refractivity contribution < 1.29 is 4.79 Å². The highest BCUT2D eigenvalue weighted by molar-refractivity contribution is 8.00. The molecule has 120 valence electrons. The minimum atomic E-state index is -0.686. The molecule has 0 radical (unpaired) electrons. The first-order valence-electron chi connectivity index (χ1n) is 7.72. The number of thioether (sulfide) groups is 1. The van der Waals surface area contributed by atoms with Crippen LogP contribution in [0, 0.1) is 11.3 Å². The molecule has 1 amide bonds. The number of carbonyl (C=O) groups is 1. The van der Waals surface area contributed by atoms with Gasteiger partial charge in [0.05, 0.1) is 21.5 Å². The van der Waals surface area contributed by atoms with Gasteiger partial charge < -0.3 is 5.32 Å². The van der Waals surface area contributed by atoms with E-state index in [2.05, 4.69) is 21.4 Å². The number of hydrogen-bond acceptors (Lipinski definition) is 6. The van der Waals surface area contributed by atoms with Crippen molar-refractivity contribution in [2.75, 3.05) is 0 Å². The number of nitriles is 1. The quantitative estimate of drug-likeness (QED) is 0.677. The van der Waals surface area contributed by atoms with E-state index in [4.69, 9.17) is 0 Å². The minimum absolute atomic E-state index is 0.0956. The molecular weight excluding hydrogens is 328 g/mol. The summed E-state index contributed by atoms with van der Waals surface area (Å²) in [6.07, 6.45) is 6.15. The van der Waals surface area contributed by atoms with Crippen LogP contribution in [0.25, 0.3) is 10.2 Å². The van der Waals surface area contributed by atoms with Crippen LogP contribution >= 0.6 is 23.1 Å². The number of nitrogens with one attached hydrogen (secondary N) is 1. The van der Waals surface area contributed by atoms with E-state index >= 15 is 0 Å². The number of amides is 1. The molecule has 0 aromatic carbocycles. The minimum Gasteiger partial charge on any atom is -0.337 e. The Morgan fingerprint density at radius 1 is 1.43 bits per heavy atom. The van der Waals surface area contributed by atoms with Crippen molar-refractivity contribution in [1.82, 2.24) is 15.3 Å².